The topological polar surface area (TPSA) is 101 Å². The molecule has 0 unspecified atom stereocenters. The molecule has 2 heterocycles. The normalized spacial score (nSPS) is 11.1. The number of hydrogen-bond acceptors (Lipinski definition) is 6. The molecule has 2 aromatic carbocycles. The van der Waals surface area contributed by atoms with Crippen LogP contribution in [0, 0.1) is 6.92 Å². The Hall–Kier alpha value is -3.56. The highest BCUT2D eigenvalue weighted by Crippen LogP contribution is 2.32. The van der Waals surface area contributed by atoms with Crippen molar-refractivity contribution in [1.82, 2.24) is 9.97 Å². The van der Waals surface area contributed by atoms with Crippen molar-refractivity contribution in [3.8, 4) is 10.4 Å². The summed E-state index contributed by atoms with van der Waals surface area (Å²) in [4.78, 5) is 21.9. The van der Waals surface area contributed by atoms with Gasteiger partial charge in [-0.25, -0.2) is 13.4 Å². The van der Waals surface area contributed by atoms with Gasteiger partial charge in [-0.15, -0.1) is 0 Å². The molecule has 1 amide bonds. The number of rotatable bonds is 6. The molecule has 4 aromatic rings. The number of pyridine rings is 1. The third-order valence-electron chi connectivity index (χ3n) is 4.41. The van der Waals surface area contributed by atoms with E-state index >= 15 is 0 Å². The molecule has 2 N–H and O–H groups in total. The number of amides is 1. The van der Waals surface area contributed by atoms with E-state index in [-0.39, 0.29) is 10.8 Å². The van der Waals surface area contributed by atoms with Gasteiger partial charge in [0.25, 0.3) is 15.9 Å². The van der Waals surface area contributed by atoms with Gasteiger partial charge in [-0.2, -0.15) is 0 Å². The Morgan fingerprint density at radius 1 is 0.935 bits per heavy atom. The molecule has 0 saturated carbocycles. The smallest absolute Gasteiger partial charge is 0.261 e. The zero-order valence-corrected chi connectivity index (χ0v) is 18.1. The first kappa shape index (κ1) is 20.7. The molecular weight excluding hydrogens is 432 g/mol. The summed E-state index contributed by atoms with van der Waals surface area (Å²) in [6, 6.07) is 18.7. The lowest BCUT2D eigenvalue weighted by Crippen LogP contribution is -2.14. The van der Waals surface area contributed by atoms with E-state index in [1.807, 2.05) is 37.3 Å². The number of nitrogens with one attached hydrogen (secondary N) is 2. The molecule has 0 atom stereocenters. The molecule has 0 fully saturated rings. The molecule has 0 aliphatic rings. The van der Waals surface area contributed by atoms with Gasteiger partial charge in [0.2, 0.25) is 0 Å². The van der Waals surface area contributed by atoms with Gasteiger partial charge in [0.1, 0.15) is 0 Å². The van der Waals surface area contributed by atoms with Gasteiger partial charge in [-0.1, -0.05) is 41.7 Å². The molecule has 9 heteroatoms. The van der Waals surface area contributed by atoms with Crippen molar-refractivity contribution >= 4 is 38.1 Å². The lowest BCUT2D eigenvalue weighted by Gasteiger charge is -2.08. The van der Waals surface area contributed by atoms with Crippen LogP contribution in [0.3, 0.4) is 0 Å². The van der Waals surface area contributed by atoms with Crippen molar-refractivity contribution < 1.29 is 13.2 Å². The minimum Gasteiger partial charge on any atom is -0.298 e. The molecular formula is C22H18N4O3S2. The average Bonchev–Trinajstić information content (AvgIpc) is 3.14. The molecule has 156 valence electrons. The monoisotopic (exact) mass is 450 g/mol. The first-order valence-electron chi connectivity index (χ1n) is 9.29. The molecule has 2 aromatic heterocycles. The quantitative estimate of drug-likeness (QED) is 0.448. The van der Waals surface area contributed by atoms with Crippen molar-refractivity contribution in [2.24, 2.45) is 0 Å². The van der Waals surface area contributed by atoms with Gasteiger partial charge in [0, 0.05) is 18.0 Å². The summed E-state index contributed by atoms with van der Waals surface area (Å²) < 4.78 is 27.5. The minimum atomic E-state index is -3.77. The summed E-state index contributed by atoms with van der Waals surface area (Å²) in [6.45, 7) is 1.89. The summed E-state index contributed by atoms with van der Waals surface area (Å²) in [5.41, 5.74) is 2.60. The fourth-order valence-corrected chi connectivity index (χ4v) is 4.92. The number of anilines is 2. The fraction of sp³-hybridized carbons (Fsp3) is 0.0455. The lowest BCUT2D eigenvalue weighted by atomic mass is 10.2. The van der Waals surface area contributed by atoms with Crippen LogP contribution in [0.1, 0.15) is 16.1 Å². The third kappa shape index (κ3) is 4.79. The largest absolute Gasteiger partial charge is 0.298 e. The first-order valence-corrected chi connectivity index (χ1v) is 11.6. The first-order chi connectivity index (χ1) is 14.9. The second-order valence-electron chi connectivity index (χ2n) is 6.62. The Bertz CT molecular complexity index is 1300. The number of aryl methyl sites for hydroxylation is 1. The Balaban J connectivity index is 1.48. The zero-order valence-electron chi connectivity index (χ0n) is 16.4. The summed E-state index contributed by atoms with van der Waals surface area (Å²) >= 11 is 1.39. The highest BCUT2D eigenvalue weighted by atomic mass is 32.2. The number of carbonyl (C=O) groups is 1. The lowest BCUT2D eigenvalue weighted by molar-refractivity contribution is 0.102. The van der Waals surface area contributed by atoms with Gasteiger partial charge in [-0.05, 0) is 48.9 Å². The molecule has 0 saturated heterocycles. The summed E-state index contributed by atoms with van der Waals surface area (Å²) in [5.74, 6) is -0.362. The van der Waals surface area contributed by atoms with Crippen LogP contribution in [0.2, 0.25) is 0 Å². The summed E-state index contributed by atoms with van der Waals surface area (Å²) in [5, 5.41) is 3.27. The van der Waals surface area contributed by atoms with E-state index in [1.54, 1.807) is 12.1 Å². The number of thiazole rings is 1. The maximum absolute atomic E-state index is 12.6. The third-order valence-corrected chi connectivity index (χ3v) is 6.93. The average molecular weight is 451 g/mol. The Labute approximate surface area is 183 Å². The van der Waals surface area contributed by atoms with E-state index in [9.17, 15) is 13.2 Å². The SMILES string of the molecule is Cc1nc(NC(=O)c2ccc(S(=O)(=O)Nc3ccncc3)cc2)sc1-c1ccccc1. The van der Waals surface area contributed by atoms with E-state index < -0.39 is 10.0 Å². The van der Waals surface area contributed by atoms with E-state index in [1.165, 1.54) is 48.0 Å². The maximum atomic E-state index is 12.6. The van der Waals surface area contributed by atoms with Crippen LogP contribution < -0.4 is 10.0 Å². The predicted octanol–water partition coefficient (Wildman–Crippen LogP) is 4.57. The van der Waals surface area contributed by atoms with E-state index in [4.69, 9.17) is 0 Å². The highest BCUT2D eigenvalue weighted by Gasteiger charge is 2.17. The van der Waals surface area contributed by atoms with Crippen molar-refractivity contribution in [2.75, 3.05) is 10.0 Å². The van der Waals surface area contributed by atoms with Gasteiger partial charge in [0.15, 0.2) is 5.13 Å². The zero-order chi connectivity index (χ0) is 21.8. The number of hydrogen-bond donors (Lipinski definition) is 2. The molecule has 0 spiro atoms. The van der Waals surface area contributed by atoms with Crippen LogP contribution in [0.15, 0.2) is 84.0 Å². The number of carbonyl (C=O) groups excluding carboxylic acids is 1. The van der Waals surface area contributed by atoms with Gasteiger partial charge in [0.05, 0.1) is 21.2 Å². The van der Waals surface area contributed by atoms with E-state index in [2.05, 4.69) is 20.0 Å². The highest BCUT2D eigenvalue weighted by molar-refractivity contribution is 7.92. The van der Waals surface area contributed by atoms with Crippen LogP contribution in [-0.4, -0.2) is 24.3 Å². The second-order valence-corrected chi connectivity index (χ2v) is 9.30. The molecule has 31 heavy (non-hydrogen) atoms. The Morgan fingerprint density at radius 3 is 2.29 bits per heavy atom. The summed E-state index contributed by atoms with van der Waals surface area (Å²) in [7, 11) is -3.77. The number of sulfonamides is 1. The van der Waals surface area contributed by atoms with Gasteiger partial charge < -0.3 is 0 Å². The second kappa shape index (κ2) is 8.66. The molecule has 0 aliphatic heterocycles. The van der Waals surface area contributed by atoms with Crippen LogP contribution >= 0.6 is 11.3 Å². The van der Waals surface area contributed by atoms with Gasteiger partial charge in [-0.3, -0.25) is 19.8 Å². The molecule has 4 rings (SSSR count). The Morgan fingerprint density at radius 2 is 1.61 bits per heavy atom. The minimum absolute atomic E-state index is 0.0531. The molecule has 0 aliphatic carbocycles. The number of benzene rings is 2. The molecule has 0 bridgehead atoms. The maximum Gasteiger partial charge on any atom is 0.261 e. The van der Waals surface area contributed by atoms with E-state index in [0.717, 1.165) is 16.1 Å². The van der Waals surface area contributed by atoms with Crippen LogP contribution in [0.4, 0.5) is 10.8 Å². The predicted molar refractivity (Wildman–Crippen MR) is 122 cm³/mol. The van der Waals surface area contributed by atoms with Crippen molar-refractivity contribution in [2.45, 2.75) is 11.8 Å². The molecule has 0 radical (unpaired) electrons. The molecule has 7 nitrogen and oxygen atoms in total. The van der Waals surface area contributed by atoms with Crippen LogP contribution in [-0.2, 0) is 10.0 Å². The summed E-state index contributed by atoms with van der Waals surface area (Å²) in [6.07, 6.45) is 2.99. The van der Waals surface area contributed by atoms with Crippen LogP contribution in [0.25, 0.3) is 10.4 Å². The van der Waals surface area contributed by atoms with E-state index in [0.29, 0.717) is 16.4 Å². The number of aromatic nitrogens is 2. The van der Waals surface area contributed by atoms with Crippen LogP contribution in [0.5, 0.6) is 0 Å². The van der Waals surface area contributed by atoms with Crippen molar-refractivity contribution in [3.63, 3.8) is 0 Å². The standard InChI is InChI=1S/C22H18N4O3S2/c1-15-20(16-5-3-2-4-6-16)30-22(24-15)25-21(27)17-7-9-19(10-8-17)31(28,29)26-18-11-13-23-14-12-18/h2-14H,1H3,(H,23,26)(H,24,25,27). The van der Waals surface area contributed by atoms with Crippen molar-refractivity contribution in [3.05, 3.63) is 90.4 Å². The van der Waals surface area contributed by atoms with Crippen molar-refractivity contribution in [1.29, 1.82) is 0 Å². The van der Waals surface area contributed by atoms with Gasteiger partial charge >= 0.3 is 0 Å². The number of nitrogens with zero attached hydrogens (tertiary/aromatic N) is 2. The Kier molecular flexibility index (Phi) is 5.79. The fourth-order valence-electron chi connectivity index (χ4n) is 2.90.